The van der Waals surface area contributed by atoms with Crippen LogP contribution in [0.4, 0.5) is 0 Å². The molecule has 0 radical (unpaired) electrons. The Bertz CT molecular complexity index is 72.3. The maximum atomic E-state index is 9.73. The van der Waals surface area contributed by atoms with Crippen LogP contribution >= 0.6 is 6.83 Å². The van der Waals surface area contributed by atoms with Crippen LogP contribution in [0, 0.1) is 0 Å². The van der Waals surface area contributed by atoms with E-state index < -0.39 is 6.83 Å². The van der Waals surface area contributed by atoms with Gasteiger partial charge >= 0.3 is 51.2 Å². The predicted octanol–water partition coefficient (Wildman–Crippen LogP) is 1.75. The van der Waals surface area contributed by atoms with E-state index in [1.165, 1.54) is 0 Å². The van der Waals surface area contributed by atoms with Gasteiger partial charge in [0.25, 0.3) is 0 Å². The van der Waals surface area contributed by atoms with Crippen molar-refractivity contribution in [1.82, 2.24) is 0 Å². The number of hydrogen-bond donors (Lipinski definition) is 1. The molecule has 0 rings (SSSR count). The molecule has 0 heterocycles. The van der Waals surface area contributed by atoms with Crippen LogP contribution in [-0.4, -0.2) is 30.5 Å². The van der Waals surface area contributed by atoms with Crippen LogP contribution in [0.2, 0.25) is 0 Å². The first kappa shape index (κ1) is 8.39. The molecular formula is C6H17OP. The summed E-state index contributed by atoms with van der Waals surface area (Å²) in [5, 5.41) is 0. The number of rotatable bonds is 2. The Morgan fingerprint density at radius 1 is 1.12 bits per heavy atom. The van der Waals surface area contributed by atoms with Crippen LogP contribution in [0.5, 0.6) is 0 Å². The molecule has 0 fully saturated rings. The van der Waals surface area contributed by atoms with E-state index >= 15 is 0 Å². The first-order valence-electron chi connectivity index (χ1n) is 3.14. The zero-order valence-corrected chi connectivity index (χ0v) is 7.20. The summed E-state index contributed by atoms with van der Waals surface area (Å²) >= 11 is 0. The molecule has 0 aromatic rings. The molecule has 8 heavy (non-hydrogen) atoms. The van der Waals surface area contributed by atoms with Crippen LogP contribution in [-0.2, 0) is 0 Å². The normalized spacial score (nSPS) is 17.4. The molecule has 0 aliphatic heterocycles. The van der Waals surface area contributed by atoms with E-state index in [9.17, 15) is 4.89 Å². The summed E-state index contributed by atoms with van der Waals surface area (Å²) in [5.74, 6) is 0. The van der Waals surface area contributed by atoms with Crippen LogP contribution in [0.15, 0.2) is 0 Å². The molecule has 0 aromatic carbocycles. The van der Waals surface area contributed by atoms with Gasteiger partial charge in [0, 0.05) is 0 Å². The topological polar surface area (TPSA) is 20.2 Å². The zero-order valence-electron chi connectivity index (χ0n) is 6.31. The van der Waals surface area contributed by atoms with Gasteiger partial charge in [0.05, 0.1) is 0 Å². The number of hydrogen-bond acceptors (Lipinski definition) is 1. The summed E-state index contributed by atoms with van der Waals surface area (Å²) in [5.41, 5.74) is 0. The van der Waals surface area contributed by atoms with Crippen molar-refractivity contribution in [1.29, 1.82) is 0 Å². The van der Waals surface area contributed by atoms with Crippen molar-refractivity contribution in [2.45, 2.75) is 13.8 Å². The third kappa shape index (κ3) is 2.64. The Morgan fingerprint density at radius 3 is 1.38 bits per heavy atom. The summed E-state index contributed by atoms with van der Waals surface area (Å²) < 4.78 is 0. The van der Waals surface area contributed by atoms with Gasteiger partial charge in [0.2, 0.25) is 0 Å². The molecule has 0 aromatic heterocycles. The van der Waals surface area contributed by atoms with Gasteiger partial charge in [-0.2, -0.15) is 0 Å². The molecule has 0 aliphatic carbocycles. The van der Waals surface area contributed by atoms with Gasteiger partial charge in [-0.3, -0.25) is 0 Å². The average Bonchev–Trinajstić information content (AvgIpc) is 1.68. The monoisotopic (exact) mass is 136 g/mol. The van der Waals surface area contributed by atoms with E-state index in [0.717, 1.165) is 12.3 Å². The predicted molar refractivity (Wildman–Crippen MR) is 42.1 cm³/mol. The summed E-state index contributed by atoms with van der Waals surface area (Å²) in [6.07, 6.45) is 1.89. The van der Waals surface area contributed by atoms with Crippen LogP contribution in [0.1, 0.15) is 13.8 Å². The van der Waals surface area contributed by atoms with Crippen molar-refractivity contribution in [2.24, 2.45) is 0 Å². The van der Waals surface area contributed by atoms with Crippen molar-refractivity contribution in [2.75, 3.05) is 25.7 Å². The van der Waals surface area contributed by atoms with Crippen molar-refractivity contribution < 1.29 is 4.89 Å². The van der Waals surface area contributed by atoms with Crippen LogP contribution in [0.3, 0.4) is 0 Å². The molecule has 0 atom stereocenters. The Labute approximate surface area is 52.1 Å². The Kier molecular flexibility index (Phi) is 2.06. The molecule has 0 aliphatic rings. The van der Waals surface area contributed by atoms with Crippen LogP contribution in [0.25, 0.3) is 0 Å². The molecule has 0 saturated heterocycles. The molecular weight excluding hydrogens is 119 g/mol. The second-order valence-electron chi connectivity index (χ2n) is 3.25. The third-order valence-electron chi connectivity index (χ3n) is 1.99. The fourth-order valence-corrected chi connectivity index (χ4v) is 0.671. The zero-order chi connectivity index (χ0) is 6.86. The van der Waals surface area contributed by atoms with Gasteiger partial charge in [-0.15, -0.1) is 0 Å². The molecule has 0 bridgehead atoms. The van der Waals surface area contributed by atoms with E-state index in [0.29, 0.717) is 0 Å². The molecule has 2 heteroatoms. The van der Waals surface area contributed by atoms with Gasteiger partial charge < -0.3 is 0 Å². The van der Waals surface area contributed by atoms with Crippen molar-refractivity contribution in [3.8, 4) is 0 Å². The Balaban J connectivity index is 3.99. The molecule has 0 amide bonds. The van der Waals surface area contributed by atoms with Gasteiger partial charge in [-0.05, 0) is 0 Å². The third-order valence-corrected chi connectivity index (χ3v) is 5.98. The average molecular weight is 136 g/mol. The summed E-state index contributed by atoms with van der Waals surface area (Å²) in [6.45, 7) is 6.02. The van der Waals surface area contributed by atoms with E-state index in [2.05, 4.69) is 13.8 Å². The quantitative estimate of drug-likeness (QED) is 0.573. The first-order chi connectivity index (χ1) is 3.39. The molecule has 0 unspecified atom stereocenters. The second kappa shape index (κ2) is 1.97. The summed E-state index contributed by atoms with van der Waals surface area (Å²) in [7, 11) is 0. The fraction of sp³-hybridized carbons (Fsp3) is 1.00. The van der Waals surface area contributed by atoms with E-state index in [1.807, 2.05) is 13.3 Å². The van der Waals surface area contributed by atoms with Gasteiger partial charge in [-0.25, -0.2) is 0 Å². The van der Waals surface area contributed by atoms with Gasteiger partial charge in [0.15, 0.2) is 0 Å². The minimum atomic E-state index is -2.10. The Morgan fingerprint density at radius 2 is 1.38 bits per heavy atom. The summed E-state index contributed by atoms with van der Waals surface area (Å²) in [4.78, 5) is 9.73. The van der Waals surface area contributed by atoms with Crippen molar-refractivity contribution in [3.63, 3.8) is 0 Å². The Hall–Kier alpha value is 0.390. The van der Waals surface area contributed by atoms with Crippen molar-refractivity contribution in [3.05, 3.63) is 0 Å². The van der Waals surface area contributed by atoms with E-state index in [4.69, 9.17) is 0 Å². The SMILES string of the molecule is CCP(C)(C)(O)CC. The maximum absolute atomic E-state index is 9.73. The summed E-state index contributed by atoms with van der Waals surface area (Å²) in [6, 6.07) is 0. The molecule has 1 nitrogen and oxygen atoms in total. The minimum absolute atomic E-state index is 0.947. The van der Waals surface area contributed by atoms with Gasteiger partial charge in [-0.1, -0.05) is 0 Å². The molecule has 0 saturated carbocycles. The van der Waals surface area contributed by atoms with Crippen molar-refractivity contribution >= 4 is 6.83 Å². The van der Waals surface area contributed by atoms with E-state index in [-0.39, 0.29) is 0 Å². The standard InChI is InChI=1S/C6H17OP/c1-5-8(3,4,7)6-2/h7H,5-6H2,1-4H3. The van der Waals surface area contributed by atoms with Crippen LogP contribution < -0.4 is 0 Å². The van der Waals surface area contributed by atoms with Gasteiger partial charge in [0.1, 0.15) is 0 Å². The second-order valence-corrected chi connectivity index (χ2v) is 9.75. The molecule has 52 valence electrons. The fourth-order valence-electron chi connectivity index (χ4n) is 0.224. The van der Waals surface area contributed by atoms with E-state index in [1.54, 1.807) is 0 Å². The first-order valence-corrected chi connectivity index (χ1v) is 6.59. The molecule has 1 N–H and O–H groups in total. The molecule has 0 spiro atoms.